The Balaban J connectivity index is 1.56. The predicted molar refractivity (Wildman–Crippen MR) is 122 cm³/mol. The van der Waals surface area contributed by atoms with Gasteiger partial charge in [-0.1, -0.05) is 23.7 Å². The van der Waals surface area contributed by atoms with Crippen LogP contribution in [0.1, 0.15) is 23.8 Å². The number of nitrogens with zero attached hydrogens (tertiary/aromatic N) is 7. The van der Waals surface area contributed by atoms with Crippen molar-refractivity contribution in [1.82, 2.24) is 33.5 Å². The van der Waals surface area contributed by atoms with Crippen LogP contribution in [-0.2, 0) is 36.1 Å². The van der Waals surface area contributed by atoms with Gasteiger partial charge in [-0.25, -0.2) is 23.1 Å². The second-order valence-corrected chi connectivity index (χ2v) is 10.6. The molecule has 0 aliphatic carbocycles. The molecule has 0 atom stereocenters. The van der Waals surface area contributed by atoms with Crippen LogP contribution in [0.2, 0.25) is 5.02 Å². The fraction of sp³-hybridized carbons (Fsp3) is 0.381. The van der Waals surface area contributed by atoms with Crippen molar-refractivity contribution in [3.8, 4) is 11.3 Å². The summed E-state index contributed by atoms with van der Waals surface area (Å²) in [5, 5.41) is 4.93. The lowest BCUT2D eigenvalue weighted by molar-refractivity contribution is 0.199. The summed E-state index contributed by atoms with van der Waals surface area (Å²) in [6.07, 6.45) is 6.01. The fourth-order valence-electron chi connectivity index (χ4n) is 4.20. The first-order valence-electron chi connectivity index (χ1n) is 10.4. The van der Waals surface area contributed by atoms with E-state index in [0.717, 1.165) is 47.4 Å². The van der Waals surface area contributed by atoms with Gasteiger partial charge in [0.2, 0.25) is 10.0 Å². The summed E-state index contributed by atoms with van der Waals surface area (Å²) in [7, 11) is -1.74. The molecule has 0 radical (unpaired) electrons. The largest absolute Gasteiger partial charge is 0.304 e. The number of benzene rings is 1. The lowest BCUT2D eigenvalue weighted by Gasteiger charge is -2.28. The molecule has 2 aromatic heterocycles. The molecule has 0 saturated heterocycles. The smallest absolute Gasteiger partial charge is 0.231 e. The third-order valence-corrected chi connectivity index (χ3v) is 7.53. The molecule has 2 aliphatic rings. The van der Waals surface area contributed by atoms with Gasteiger partial charge < -0.3 is 4.57 Å². The van der Waals surface area contributed by atoms with Crippen molar-refractivity contribution < 1.29 is 8.42 Å². The Morgan fingerprint density at radius 3 is 2.66 bits per heavy atom. The van der Waals surface area contributed by atoms with Crippen LogP contribution in [0.4, 0.5) is 0 Å². The van der Waals surface area contributed by atoms with E-state index in [1.54, 1.807) is 13.4 Å². The number of hydrogen-bond donors (Lipinski definition) is 0. The quantitative estimate of drug-likeness (QED) is 0.565. The summed E-state index contributed by atoms with van der Waals surface area (Å²) in [5.74, 6) is 1.87. The van der Waals surface area contributed by atoms with Crippen LogP contribution in [0.5, 0.6) is 0 Å². The summed E-state index contributed by atoms with van der Waals surface area (Å²) in [6.45, 7) is 2.98. The first-order chi connectivity index (χ1) is 15.3. The molecule has 0 fully saturated rings. The van der Waals surface area contributed by atoms with Gasteiger partial charge >= 0.3 is 0 Å². The zero-order chi connectivity index (χ0) is 22.5. The fourth-order valence-corrected chi connectivity index (χ4v) is 4.89. The zero-order valence-electron chi connectivity index (χ0n) is 17.9. The molecule has 4 heterocycles. The Bertz CT molecular complexity index is 1290. The van der Waals surface area contributed by atoms with Crippen molar-refractivity contribution in [3.63, 3.8) is 0 Å². The molecule has 3 aromatic rings. The van der Waals surface area contributed by atoms with Gasteiger partial charge in [-0.15, -0.1) is 0 Å². The van der Waals surface area contributed by atoms with E-state index in [1.165, 1.54) is 10.6 Å². The van der Waals surface area contributed by atoms with Gasteiger partial charge in [0.25, 0.3) is 0 Å². The van der Waals surface area contributed by atoms with E-state index < -0.39 is 10.0 Å². The molecule has 11 heteroatoms. The van der Waals surface area contributed by atoms with E-state index >= 15 is 0 Å². The number of imidazole rings is 1. The Kier molecular flexibility index (Phi) is 5.31. The normalized spacial score (nSPS) is 16.4. The molecule has 0 N–H and O–H groups in total. The van der Waals surface area contributed by atoms with Crippen LogP contribution < -0.4 is 0 Å². The zero-order valence-corrected chi connectivity index (χ0v) is 19.5. The topological polar surface area (TPSA) is 89.2 Å². The SMILES string of the molecule is CN(C1=Cn2c(nc(-c3ccc(Cl)cc3)c2CN2CCn3ncnc3C2)CC1)S(C)(=O)=O. The van der Waals surface area contributed by atoms with Gasteiger partial charge in [0.1, 0.15) is 18.0 Å². The van der Waals surface area contributed by atoms with Gasteiger partial charge in [0.15, 0.2) is 0 Å². The number of rotatable bonds is 5. The van der Waals surface area contributed by atoms with Crippen LogP contribution in [0.15, 0.2) is 36.3 Å². The molecule has 168 valence electrons. The van der Waals surface area contributed by atoms with E-state index in [-0.39, 0.29) is 0 Å². The van der Waals surface area contributed by atoms with E-state index in [2.05, 4.69) is 19.5 Å². The van der Waals surface area contributed by atoms with Gasteiger partial charge in [0.05, 0.1) is 30.7 Å². The molecule has 32 heavy (non-hydrogen) atoms. The number of aryl methyl sites for hydroxylation is 1. The maximum Gasteiger partial charge on any atom is 0.231 e. The first kappa shape index (κ1) is 21.2. The van der Waals surface area contributed by atoms with Crippen molar-refractivity contribution in [2.24, 2.45) is 0 Å². The van der Waals surface area contributed by atoms with Crippen molar-refractivity contribution in [2.75, 3.05) is 19.8 Å². The van der Waals surface area contributed by atoms with Crippen molar-refractivity contribution in [2.45, 2.75) is 32.5 Å². The van der Waals surface area contributed by atoms with E-state index in [4.69, 9.17) is 16.6 Å². The van der Waals surface area contributed by atoms with E-state index in [1.807, 2.05) is 35.1 Å². The van der Waals surface area contributed by atoms with Gasteiger partial charge in [-0.2, -0.15) is 5.10 Å². The minimum Gasteiger partial charge on any atom is -0.304 e. The average molecular weight is 474 g/mol. The van der Waals surface area contributed by atoms with Crippen molar-refractivity contribution >= 4 is 27.8 Å². The summed E-state index contributed by atoms with van der Waals surface area (Å²) < 4.78 is 29.6. The van der Waals surface area contributed by atoms with Crippen molar-refractivity contribution in [1.29, 1.82) is 0 Å². The van der Waals surface area contributed by atoms with Crippen LogP contribution in [0, 0.1) is 0 Å². The molecular formula is C21H24ClN7O2S. The molecule has 1 aromatic carbocycles. The Morgan fingerprint density at radius 2 is 1.91 bits per heavy atom. The molecule has 0 spiro atoms. The summed E-state index contributed by atoms with van der Waals surface area (Å²) in [5.41, 5.74) is 3.65. The summed E-state index contributed by atoms with van der Waals surface area (Å²) in [4.78, 5) is 11.6. The maximum atomic E-state index is 12.1. The molecule has 5 rings (SSSR count). The van der Waals surface area contributed by atoms with Crippen LogP contribution >= 0.6 is 11.6 Å². The summed E-state index contributed by atoms with van der Waals surface area (Å²) >= 11 is 6.11. The van der Waals surface area contributed by atoms with Gasteiger partial charge in [0, 0.05) is 49.0 Å². The highest BCUT2D eigenvalue weighted by Gasteiger charge is 2.27. The highest BCUT2D eigenvalue weighted by Crippen LogP contribution is 2.32. The third kappa shape index (κ3) is 3.94. The minimum absolute atomic E-state index is 0.618. The molecule has 0 bridgehead atoms. The lowest BCUT2D eigenvalue weighted by Crippen LogP contribution is -2.34. The highest BCUT2D eigenvalue weighted by atomic mass is 35.5. The second-order valence-electron chi connectivity index (χ2n) is 8.16. The van der Waals surface area contributed by atoms with E-state index in [0.29, 0.717) is 31.0 Å². The number of aromatic nitrogens is 5. The Morgan fingerprint density at radius 1 is 1.12 bits per heavy atom. The molecule has 0 unspecified atom stereocenters. The Hall–Kier alpha value is -2.69. The monoisotopic (exact) mass is 473 g/mol. The predicted octanol–water partition coefficient (Wildman–Crippen LogP) is 2.45. The van der Waals surface area contributed by atoms with Gasteiger partial charge in [-0.05, 0) is 18.6 Å². The number of sulfonamides is 1. The summed E-state index contributed by atoms with van der Waals surface area (Å²) in [6, 6.07) is 7.67. The number of hydrogen-bond acceptors (Lipinski definition) is 6. The Labute approximate surface area is 192 Å². The third-order valence-electron chi connectivity index (χ3n) is 6.05. The average Bonchev–Trinajstić information content (AvgIpc) is 3.37. The lowest BCUT2D eigenvalue weighted by atomic mass is 10.1. The molecular weight excluding hydrogens is 450 g/mol. The van der Waals surface area contributed by atoms with Crippen LogP contribution in [0.3, 0.4) is 0 Å². The maximum absolute atomic E-state index is 12.1. The highest BCUT2D eigenvalue weighted by molar-refractivity contribution is 7.88. The molecule has 0 saturated carbocycles. The van der Waals surface area contributed by atoms with Crippen LogP contribution in [0.25, 0.3) is 17.5 Å². The molecule has 0 amide bonds. The minimum atomic E-state index is -3.33. The van der Waals surface area contributed by atoms with Gasteiger partial charge in [-0.3, -0.25) is 9.21 Å². The number of allylic oxidation sites excluding steroid dienone is 1. The molecule has 9 nitrogen and oxygen atoms in total. The number of halogens is 1. The van der Waals surface area contributed by atoms with Crippen molar-refractivity contribution in [3.05, 3.63) is 58.7 Å². The number of fused-ring (bicyclic) bond motifs is 2. The second kappa shape index (κ2) is 8.02. The first-order valence-corrected chi connectivity index (χ1v) is 12.6. The molecule has 2 aliphatic heterocycles. The standard InChI is InChI=1S/C21H24ClN7O2S/c1-26(32(2,30)31)17-7-8-19-25-21(15-3-5-16(22)6-4-15)18(28(19)11-17)12-27-9-10-29-20(13-27)23-14-24-29/h3-6,11,14H,7-10,12-13H2,1-2H3. The van der Waals surface area contributed by atoms with Crippen LogP contribution in [-0.4, -0.2) is 61.8 Å². The van der Waals surface area contributed by atoms with E-state index in [9.17, 15) is 8.42 Å².